The average Bonchev–Trinajstić information content (AvgIpc) is 3.67. The molecule has 0 saturated heterocycles. The number of allylic oxidation sites excluding steroid dienone is 8. The smallest absolute Gasteiger partial charge is 0.179 e. The Kier molecular flexibility index (Phi) is 6.55. The van der Waals surface area contributed by atoms with E-state index in [0.29, 0.717) is 5.92 Å². The van der Waals surface area contributed by atoms with Gasteiger partial charge in [-0.05, 0) is 99.3 Å². The molecule has 4 unspecified atom stereocenters. The molecule has 0 saturated carbocycles. The van der Waals surface area contributed by atoms with Crippen LogP contribution < -0.4 is 14.4 Å². The highest BCUT2D eigenvalue weighted by Crippen LogP contribution is 2.66. The Balaban J connectivity index is 1.03. The number of anilines is 1. The molecule has 52 heavy (non-hydrogen) atoms. The Hall–Kier alpha value is -6.06. The SMILES string of the molecule is C1=CCC2C(=C1)c1ccccc1C21c2ccccc2-c2cc3c(cc21)OC1C(N(c2ccccc2)C2C=CC=C(c4ccccc4)C2)=CC=C[C@@H]1O3. The maximum Gasteiger partial charge on any atom is 0.179 e. The first kappa shape index (κ1) is 29.6. The number of hydrogen-bond acceptors (Lipinski definition) is 3. The first-order valence-electron chi connectivity index (χ1n) is 18.5. The summed E-state index contributed by atoms with van der Waals surface area (Å²) in [5.41, 5.74) is 13.9. The van der Waals surface area contributed by atoms with Gasteiger partial charge in [0, 0.05) is 11.6 Å². The molecule has 1 spiro atoms. The van der Waals surface area contributed by atoms with E-state index in [0.717, 1.165) is 35.7 Å². The van der Waals surface area contributed by atoms with Crippen molar-refractivity contribution >= 4 is 16.8 Å². The van der Waals surface area contributed by atoms with E-state index in [1.807, 2.05) is 0 Å². The van der Waals surface area contributed by atoms with E-state index in [2.05, 4.69) is 181 Å². The average molecular weight is 672 g/mol. The lowest BCUT2D eigenvalue weighted by molar-refractivity contribution is 0.0662. The van der Waals surface area contributed by atoms with Gasteiger partial charge in [-0.15, -0.1) is 0 Å². The summed E-state index contributed by atoms with van der Waals surface area (Å²) in [5, 5.41) is 0. The van der Waals surface area contributed by atoms with E-state index in [1.165, 1.54) is 50.1 Å². The van der Waals surface area contributed by atoms with Crippen LogP contribution in [0.2, 0.25) is 0 Å². The van der Waals surface area contributed by atoms with Gasteiger partial charge in [0.2, 0.25) is 0 Å². The standard InChI is InChI=1S/C49H37NO2/c1-3-15-32(16-4-1)33-17-13-20-35(29-33)50(34-18-5-2-6-19-34)44-27-14-28-45-48(44)52-47-31-43-39(30-46(47)51-45)38-23-9-12-26-42(38)49(43)40-24-10-7-21-36(40)37-22-8-11-25-41(37)49/h1-24,26-28,30-31,35,41,45,48H,25,29H2/t35?,41?,45-,48?,49?/m0/s1. The lowest BCUT2D eigenvalue weighted by Crippen LogP contribution is -2.49. The summed E-state index contributed by atoms with van der Waals surface area (Å²) >= 11 is 0. The van der Waals surface area contributed by atoms with Gasteiger partial charge in [-0.25, -0.2) is 0 Å². The van der Waals surface area contributed by atoms with Crippen molar-refractivity contribution in [2.45, 2.75) is 36.5 Å². The Morgan fingerprint density at radius 3 is 2.15 bits per heavy atom. The van der Waals surface area contributed by atoms with E-state index in [1.54, 1.807) is 0 Å². The largest absolute Gasteiger partial charge is 0.478 e. The number of para-hydroxylation sites is 1. The Morgan fingerprint density at radius 1 is 0.596 bits per heavy atom. The van der Waals surface area contributed by atoms with Gasteiger partial charge in [0.05, 0.1) is 17.2 Å². The van der Waals surface area contributed by atoms with E-state index < -0.39 is 0 Å². The topological polar surface area (TPSA) is 21.7 Å². The second kappa shape index (κ2) is 11.5. The molecule has 3 heteroatoms. The van der Waals surface area contributed by atoms with E-state index in [9.17, 15) is 0 Å². The van der Waals surface area contributed by atoms with Gasteiger partial charge in [-0.2, -0.15) is 0 Å². The molecule has 0 amide bonds. The van der Waals surface area contributed by atoms with Crippen LogP contribution in [-0.2, 0) is 5.41 Å². The van der Waals surface area contributed by atoms with Crippen LogP contribution in [0, 0.1) is 5.92 Å². The molecule has 0 N–H and O–H groups in total. The molecule has 5 aromatic carbocycles. The van der Waals surface area contributed by atoms with Crippen molar-refractivity contribution in [2.75, 3.05) is 4.90 Å². The molecule has 0 aromatic heterocycles. The minimum absolute atomic E-state index is 0.100. The zero-order valence-corrected chi connectivity index (χ0v) is 28.7. The van der Waals surface area contributed by atoms with Crippen LogP contribution in [0.15, 0.2) is 182 Å². The van der Waals surface area contributed by atoms with Crippen molar-refractivity contribution in [2.24, 2.45) is 5.92 Å². The maximum absolute atomic E-state index is 7.25. The normalized spacial score (nSPS) is 25.3. The third-order valence-electron chi connectivity index (χ3n) is 12.0. The molecule has 0 fully saturated rings. The number of fused-ring (bicyclic) bond motifs is 12. The molecule has 5 aromatic rings. The van der Waals surface area contributed by atoms with Gasteiger partial charge in [0.1, 0.15) is 0 Å². The molecule has 1 aliphatic heterocycles. The Bertz CT molecular complexity index is 2450. The number of rotatable bonds is 4. The fourth-order valence-corrected chi connectivity index (χ4v) is 9.93. The first-order chi connectivity index (χ1) is 25.8. The highest BCUT2D eigenvalue weighted by Gasteiger charge is 2.56. The van der Waals surface area contributed by atoms with E-state index >= 15 is 0 Å². The molecule has 1 heterocycles. The summed E-state index contributed by atoms with van der Waals surface area (Å²) in [6.07, 6.45) is 21.5. The molecular weight excluding hydrogens is 635 g/mol. The van der Waals surface area contributed by atoms with Gasteiger partial charge in [-0.3, -0.25) is 0 Å². The molecule has 0 radical (unpaired) electrons. The molecule has 6 aliphatic rings. The lowest BCUT2D eigenvalue weighted by atomic mass is 9.65. The predicted molar refractivity (Wildman–Crippen MR) is 210 cm³/mol. The van der Waals surface area contributed by atoms with E-state index in [-0.39, 0.29) is 23.7 Å². The summed E-state index contributed by atoms with van der Waals surface area (Å²) < 4.78 is 14.2. The summed E-state index contributed by atoms with van der Waals surface area (Å²) in [6, 6.07) is 44.2. The number of nitrogens with zero attached hydrogens (tertiary/aromatic N) is 1. The second-order valence-electron chi connectivity index (χ2n) is 14.6. The van der Waals surface area contributed by atoms with Crippen molar-refractivity contribution in [1.82, 2.24) is 0 Å². The van der Waals surface area contributed by atoms with Crippen molar-refractivity contribution < 1.29 is 9.47 Å². The number of benzene rings is 5. The van der Waals surface area contributed by atoms with Crippen LogP contribution in [0.4, 0.5) is 5.69 Å². The first-order valence-corrected chi connectivity index (χ1v) is 18.5. The summed E-state index contributed by atoms with van der Waals surface area (Å²) in [5.74, 6) is 1.92. The summed E-state index contributed by atoms with van der Waals surface area (Å²) in [7, 11) is 0. The van der Waals surface area contributed by atoms with Crippen molar-refractivity contribution in [1.29, 1.82) is 0 Å². The molecular formula is C49H37NO2. The second-order valence-corrected chi connectivity index (χ2v) is 14.6. The highest BCUT2D eigenvalue weighted by molar-refractivity contribution is 5.93. The lowest BCUT2D eigenvalue weighted by Gasteiger charge is -2.43. The molecule has 250 valence electrons. The van der Waals surface area contributed by atoms with Gasteiger partial charge in [0.25, 0.3) is 0 Å². The van der Waals surface area contributed by atoms with Gasteiger partial charge < -0.3 is 14.4 Å². The van der Waals surface area contributed by atoms with Crippen molar-refractivity contribution in [3.8, 4) is 22.6 Å². The Morgan fingerprint density at radius 2 is 1.31 bits per heavy atom. The fourth-order valence-electron chi connectivity index (χ4n) is 9.93. The predicted octanol–water partition coefficient (Wildman–Crippen LogP) is 10.9. The maximum atomic E-state index is 7.25. The van der Waals surface area contributed by atoms with Crippen LogP contribution in [0.1, 0.15) is 40.7 Å². The quantitative estimate of drug-likeness (QED) is 0.190. The van der Waals surface area contributed by atoms with Gasteiger partial charge in [-0.1, -0.05) is 140 Å². The van der Waals surface area contributed by atoms with Gasteiger partial charge in [0.15, 0.2) is 23.7 Å². The van der Waals surface area contributed by atoms with Crippen LogP contribution in [0.3, 0.4) is 0 Å². The minimum Gasteiger partial charge on any atom is -0.478 e. The van der Waals surface area contributed by atoms with Crippen LogP contribution >= 0.6 is 0 Å². The molecule has 5 atom stereocenters. The van der Waals surface area contributed by atoms with Crippen molar-refractivity contribution in [3.05, 3.63) is 210 Å². The fraction of sp³-hybridized carbons (Fsp3) is 0.143. The van der Waals surface area contributed by atoms with Crippen LogP contribution in [-0.4, -0.2) is 18.2 Å². The van der Waals surface area contributed by atoms with E-state index in [4.69, 9.17) is 9.47 Å². The minimum atomic E-state index is -0.320. The van der Waals surface area contributed by atoms with Crippen LogP contribution in [0.5, 0.6) is 11.5 Å². The molecule has 5 aliphatic carbocycles. The molecule has 11 rings (SSSR count). The third kappa shape index (κ3) is 4.20. The summed E-state index contributed by atoms with van der Waals surface area (Å²) in [4.78, 5) is 2.46. The van der Waals surface area contributed by atoms with Crippen LogP contribution in [0.25, 0.3) is 22.3 Å². The Labute approximate surface area is 304 Å². The number of ether oxygens (including phenoxy) is 2. The molecule has 0 bridgehead atoms. The monoisotopic (exact) mass is 671 g/mol. The highest BCUT2D eigenvalue weighted by atomic mass is 16.6. The molecule has 3 nitrogen and oxygen atoms in total. The third-order valence-corrected chi connectivity index (χ3v) is 12.0. The zero-order chi connectivity index (χ0) is 34.2. The van der Waals surface area contributed by atoms with Crippen molar-refractivity contribution in [3.63, 3.8) is 0 Å². The summed E-state index contributed by atoms with van der Waals surface area (Å²) in [6.45, 7) is 0. The number of hydrogen-bond donors (Lipinski definition) is 0. The van der Waals surface area contributed by atoms with Gasteiger partial charge >= 0.3 is 0 Å². The zero-order valence-electron chi connectivity index (χ0n) is 28.7.